The first-order chi connectivity index (χ1) is 26.4. The van der Waals surface area contributed by atoms with Crippen LogP contribution in [0.3, 0.4) is 0 Å². The fraction of sp³-hybridized carbons (Fsp3) is 0.395. The SMILES string of the molecule is CCOC(=O)CCCN(C(C)C)S(=O)(=O)c1cccc(C(=O)Cc2sc3c(c2C(=O)Nc2ccc(CCCc4ccc(C(=O)OC)cc4)cc2)CCCC3)c1. The Morgan fingerprint density at radius 1 is 0.873 bits per heavy atom. The highest BCUT2D eigenvalue weighted by Crippen LogP contribution is 2.36. The van der Waals surface area contributed by atoms with Gasteiger partial charge in [0.15, 0.2) is 5.78 Å². The number of nitrogens with one attached hydrogen (secondary N) is 1. The molecule has 292 valence electrons. The first-order valence-corrected chi connectivity index (χ1v) is 21.2. The maximum absolute atomic E-state index is 13.9. The number of sulfonamides is 1. The molecule has 1 amide bonds. The summed E-state index contributed by atoms with van der Waals surface area (Å²) in [6, 6.07) is 20.9. The van der Waals surface area contributed by atoms with Crippen molar-refractivity contribution in [3.05, 3.63) is 116 Å². The average molecular weight is 787 g/mol. The van der Waals surface area contributed by atoms with Gasteiger partial charge in [-0.25, -0.2) is 13.2 Å². The molecule has 0 fully saturated rings. The van der Waals surface area contributed by atoms with Crippen LogP contribution in [-0.2, 0) is 56.4 Å². The molecular weight excluding hydrogens is 737 g/mol. The van der Waals surface area contributed by atoms with Crippen molar-refractivity contribution in [3.8, 4) is 0 Å². The molecule has 12 heteroatoms. The molecule has 10 nitrogen and oxygen atoms in total. The lowest BCUT2D eigenvalue weighted by Crippen LogP contribution is -2.38. The molecule has 55 heavy (non-hydrogen) atoms. The molecule has 0 bridgehead atoms. The normalized spacial score (nSPS) is 12.7. The van der Waals surface area contributed by atoms with E-state index in [0.717, 1.165) is 66.5 Å². The van der Waals surface area contributed by atoms with Gasteiger partial charge in [-0.05, 0) is 125 Å². The predicted octanol–water partition coefficient (Wildman–Crippen LogP) is 8.01. The van der Waals surface area contributed by atoms with E-state index in [9.17, 15) is 27.6 Å². The number of Topliss-reactive ketones (excluding diaryl/α,β-unsaturated/α-hetero) is 1. The topological polar surface area (TPSA) is 136 Å². The van der Waals surface area contributed by atoms with Crippen molar-refractivity contribution in [3.63, 3.8) is 0 Å². The molecule has 0 aliphatic heterocycles. The zero-order chi connectivity index (χ0) is 39.5. The van der Waals surface area contributed by atoms with Crippen molar-refractivity contribution in [2.75, 3.05) is 25.6 Å². The van der Waals surface area contributed by atoms with Crippen LogP contribution in [-0.4, -0.2) is 62.7 Å². The summed E-state index contributed by atoms with van der Waals surface area (Å²) in [4.78, 5) is 53.1. The van der Waals surface area contributed by atoms with Crippen LogP contribution in [0.4, 0.5) is 5.69 Å². The van der Waals surface area contributed by atoms with E-state index in [1.165, 1.54) is 34.9 Å². The van der Waals surface area contributed by atoms with Gasteiger partial charge in [0, 0.05) is 46.4 Å². The summed E-state index contributed by atoms with van der Waals surface area (Å²) >= 11 is 1.50. The minimum absolute atomic E-state index is 0.00404. The van der Waals surface area contributed by atoms with Crippen molar-refractivity contribution in [2.24, 2.45) is 0 Å². The van der Waals surface area contributed by atoms with Crippen LogP contribution in [0.2, 0.25) is 0 Å². The van der Waals surface area contributed by atoms with Gasteiger partial charge >= 0.3 is 11.9 Å². The van der Waals surface area contributed by atoms with Crippen LogP contribution < -0.4 is 5.32 Å². The van der Waals surface area contributed by atoms with Crippen LogP contribution in [0.5, 0.6) is 0 Å². The summed E-state index contributed by atoms with van der Waals surface area (Å²) < 4.78 is 38.6. The molecule has 0 radical (unpaired) electrons. The molecule has 1 N–H and O–H groups in total. The van der Waals surface area contributed by atoms with Gasteiger partial charge in [-0.1, -0.05) is 36.4 Å². The van der Waals surface area contributed by atoms with Gasteiger partial charge in [0.05, 0.1) is 29.7 Å². The van der Waals surface area contributed by atoms with Crippen molar-refractivity contribution in [2.45, 2.75) is 95.9 Å². The Labute approximate surface area is 328 Å². The van der Waals surface area contributed by atoms with E-state index in [1.807, 2.05) is 36.4 Å². The second-order valence-electron chi connectivity index (χ2n) is 13.9. The number of thiophene rings is 1. The largest absolute Gasteiger partial charge is 0.466 e. The number of rotatable bonds is 18. The summed E-state index contributed by atoms with van der Waals surface area (Å²) in [7, 11) is -2.60. The molecule has 0 saturated heterocycles. The van der Waals surface area contributed by atoms with E-state index in [4.69, 9.17) is 9.47 Å². The maximum atomic E-state index is 13.9. The number of benzene rings is 3. The number of carbonyl (C=O) groups is 4. The molecule has 3 aromatic carbocycles. The minimum Gasteiger partial charge on any atom is -0.466 e. The number of hydrogen-bond acceptors (Lipinski definition) is 9. The summed E-state index contributed by atoms with van der Waals surface area (Å²) in [5.74, 6) is -1.25. The Morgan fingerprint density at radius 2 is 1.55 bits per heavy atom. The molecule has 1 aromatic heterocycles. The third-order valence-corrected chi connectivity index (χ3v) is 13.1. The number of aryl methyl sites for hydroxylation is 3. The highest BCUT2D eigenvalue weighted by Gasteiger charge is 2.29. The van der Waals surface area contributed by atoms with E-state index in [0.29, 0.717) is 28.1 Å². The Balaban J connectivity index is 1.25. The van der Waals surface area contributed by atoms with Crippen molar-refractivity contribution >= 4 is 50.7 Å². The van der Waals surface area contributed by atoms with Crippen LogP contribution in [0, 0.1) is 0 Å². The number of ether oxygens (including phenoxy) is 2. The van der Waals surface area contributed by atoms with Crippen molar-refractivity contribution in [1.29, 1.82) is 0 Å². The van der Waals surface area contributed by atoms with Crippen LogP contribution >= 0.6 is 11.3 Å². The molecule has 4 aromatic rings. The predicted molar refractivity (Wildman–Crippen MR) is 215 cm³/mol. The third kappa shape index (κ3) is 10.8. The Hall–Kier alpha value is -4.65. The molecule has 1 aliphatic rings. The van der Waals surface area contributed by atoms with Gasteiger partial charge in [0.25, 0.3) is 5.91 Å². The lowest BCUT2D eigenvalue weighted by molar-refractivity contribution is -0.143. The number of esters is 2. The second-order valence-corrected chi connectivity index (χ2v) is 17.0. The summed E-state index contributed by atoms with van der Waals surface area (Å²) in [5.41, 5.74) is 5.27. The Kier molecular flexibility index (Phi) is 14.6. The lowest BCUT2D eigenvalue weighted by atomic mass is 9.93. The fourth-order valence-electron chi connectivity index (χ4n) is 6.86. The van der Waals surface area contributed by atoms with E-state index < -0.39 is 10.0 Å². The van der Waals surface area contributed by atoms with Gasteiger partial charge in [0.2, 0.25) is 10.0 Å². The van der Waals surface area contributed by atoms with Crippen LogP contribution in [0.15, 0.2) is 77.7 Å². The van der Waals surface area contributed by atoms with E-state index in [-0.39, 0.29) is 66.1 Å². The van der Waals surface area contributed by atoms with Gasteiger partial charge in [0.1, 0.15) is 0 Å². The molecule has 0 spiro atoms. The number of ketones is 1. The van der Waals surface area contributed by atoms with Gasteiger partial charge < -0.3 is 14.8 Å². The number of hydrogen-bond donors (Lipinski definition) is 1. The van der Waals surface area contributed by atoms with Crippen molar-refractivity contribution < 1.29 is 37.1 Å². The first-order valence-electron chi connectivity index (χ1n) is 18.9. The molecule has 0 unspecified atom stereocenters. The van der Waals surface area contributed by atoms with Gasteiger partial charge in [-0.3, -0.25) is 14.4 Å². The van der Waals surface area contributed by atoms with E-state index in [2.05, 4.69) is 5.32 Å². The first kappa shape index (κ1) is 41.5. The number of fused-ring (bicyclic) bond motifs is 1. The highest BCUT2D eigenvalue weighted by atomic mass is 32.2. The molecule has 0 atom stereocenters. The smallest absolute Gasteiger partial charge is 0.337 e. The zero-order valence-electron chi connectivity index (χ0n) is 32.0. The maximum Gasteiger partial charge on any atom is 0.337 e. The highest BCUT2D eigenvalue weighted by molar-refractivity contribution is 7.89. The fourth-order valence-corrected chi connectivity index (χ4v) is 9.98. The summed E-state index contributed by atoms with van der Waals surface area (Å²) in [6.45, 7) is 5.67. The molecule has 1 aliphatic carbocycles. The van der Waals surface area contributed by atoms with Crippen molar-refractivity contribution in [1.82, 2.24) is 4.31 Å². The molecule has 5 rings (SSSR count). The summed E-state index contributed by atoms with van der Waals surface area (Å²) in [5, 5.41) is 3.06. The lowest BCUT2D eigenvalue weighted by Gasteiger charge is -2.26. The quantitative estimate of drug-likeness (QED) is 0.0792. The second kappa shape index (κ2) is 19.3. The number of anilines is 1. The van der Waals surface area contributed by atoms with E-state index in [1.54, 1.807) is 45.0 Å². The van der Waals surface area contributed by atoms with Gasteiger partial charge in [-0.15, -0.1) is 11.3 Å². The standard InChI is InChI=1S/C43H50N2O8S2/c1-5-53-40(47)17-10-26-45(29(2)3)55(50,51)35-14-9-13-33(27-35)37(46)28-39-41(36-15-6-7-16-38(36)54-39)42(48)44-34-24-20-31(21-25-34)12-8-11-30-18-22-32(23-19-30)43(49)52-4/h9,13-14,18-25,27,29H,5-8,10-12,15-17,26,28H2,1-4H3,(H,44,48). The van der Waals surface area contributed by atoms with Crippen LogP contribution in [0.1, 0.15) is 110 Å². The Morgan fingerprint density at radius 3 is 2.20 bits per heavy atom. The zero-order valence-corrected chi connectivity index (χ0v) is 33.7. The van der Waals surface area contributed by atoms with E-state index >= 15 is 0 Å². The summed E-state index contributed by atoms with van der Waals surface area (Å²) in [6.07, 6.45) is 6.63. The van der Waals surface area contributed by atoms with Crippen LogP contribution in [0.25, 0.3) is 0 Å². The molecule has 1 heterocycles. The average Bonchev–Trinajstić information content (AvgIpc) is 3.55. The van der Waals surface area contributed by atoms with Gasteiger partial charge in [-0.2, -0.15) is 4.31 Å². The Bertz CT molecular complexity index is 2090. The third-order valence-electron chi connectivity index (χ3n) is 9.71. The molecular formula is C43H50N2O8S2. The molecule has 0 saturated carbocycles. The minimum atomic E-state index is -3.97. The number of carbonyl (C=O) groups excluding carboxylic acids is 4. The number of nitrogens with zero attached hydrogens (tertiary/aromatic N) is 1. The number of amides is 1. The monoisotopic (exact) mass is 786 g/mol. The number of methoxy groups -OCH3 is 1.